The first-order valence-electron chi connectivity index (χ1n) is 7.01. The number of halogens is 2. The summed E-state index contributed by atoms with van der Waals surface area (Å²) in [6.45, 7) is 1.59. The quantitative estimate of drug-likeness (QED) is 0.866. The third-order valence-corrected chi connectivity index (χ3v) is 4.04. The number of hydrogen-bond donors (Lipinski definition) is 1. The molecule has 0 saturated carbocycles. The highest BCUT2D eigenvalue weighted by atomic mass is 35.5. The number of ketones is 1. The molecule has 0 aromatic heterocycles. The molecule has 1 aliphatic heterocycles. The van der Waals surface area contributed by atoms with Gasteiger partial charge in [0, 0.05) is 17.3 Å². The van der Waals surface area contributed by atoms with Crippen LogP contribution in [0.15, 0.2) is 36.4 Å². The molecule has 4 nitrogen and oxygen atoms in total. The summed E-state index contributed by atoms with van der Waals surface area (Å²) in [4.78, 5) is 23.8. The molecule has 0 aliphatic carbocycles. The zero-order chi connectivity index (χ0) is 16.6. The monoisotopic (exact) mass is 333 g/mol. The molecule has 2 aromatic carbocycles. The molecule has 0 saturated heterocycles. The van der Waals surface area contributed by atoms with Crippen LogP contribution in [0.2, 0.25) is 5.02 Å². The van der Waals surface area contributed by atoms with E-state index in [4.69, 9.17) is 16.3 Å². The van der Waals surface area contributed by atoms with Gasteiger partial charge in [-0.25, -0.2) is 4.39 Å². The lowest BCUT2D eigenvalue weighted by Gasteiger charge is -2.08. The van der Waals surface area contributed by atoms with Crippen molar-refractivity contribution in [1.82, 2.24) is 0 Å². The fraction of sp³-hybridized carbons (Fsp3) is 0.176. The number of ether oxygens (including phenoxy) is 1. The van der Waals surface area contributed by atoms with Crippen molar-refractivity contribution >= 4 is 29.0 Å². The molecule has 1 aliphatic rings. The average molecular weight is 334 g/mol. The Hall–Kier alpha value is -2.40. The summed E-state index contributed by atoms with van der Waals surface area (Å²) in [5.41, 5.74) is 1.98. The lowest BCUT2D eigenvalue weighted by Crippen LogP contribution is -2.12. The van der Waals surface area contributed by atoms with Crippen LogP contribution in [0.3, 0.4) is 0 Å². The van der Waals surface area contributed by atoms with E-state index in [0.717, 1.165) is 11.3 Å². The summed E-state index contributed by atoms with van der Waals surface area (Å²) in [6.07, 6.45) is 0. The molecule has 23 heavy (non-hydrogen) atoms. The number of Topliss-reactive ketones (excluding diaryl/α,β-unsaturated/α-hetero) is 1. The van der Waals surface area contributed by atoms with E-state index in [1.807, 2.05) is 0 Å². The van der Waals surface area contributed by atoms with Crippen molar-refractivity contribution in [1.29, 1.82) is 0 Å². The van der Waals surface area contributed by atoms with E-state index in [0.29, 0.717) is 11.3 Å². The second kappa shape index (κ2) is 6.01. The smallest absolute Gasteiger partial charge is 0.231 e. The fourth-order valence-corrected chi connectivity index (χ4v) is 2.56. The number of fused-ring (bicyclic) bond motifs is 1. The van der Waals surface area contributed by atoms with Gasteiger partial charge in [-0.1, -0.05) is 11.6 Å². The normalized spacial score (nSPS) is 16.0. The van der Waals surface area contributed by atoms with Crippen LogP contribution < -0.4 is 10.1 Å². The molecular formula is C17H13ClFNO3. The Kier molecular flexibility index (Phi) is 4.05. The lowest BCUT2D eigenvalue weighted by atomic mass is 9.99. The summed E-state index contributed by atoms with van der Waals surface area (Å²) >= 11 is 5.66. The van der Waals surface area contributed by atoms with Crippen molar-refractivity contribution in [2.24, 2.45) is 0 Å². The van der Waals surface area contributed by atoms with Gasteiger partial charge in [-0.05, 0) is 42.8 Å². The highest BCUT2D eigenvalue weighted by Crippen LogP contribution is 2.32. The topological polar surface area (TPSA) is 55.4 Å². The summed E-state index contributed by atoms with van der Waals surface area (Å²) in [5.74, 6) is -0.831. The van der Waals surface area contributed by atoms with Crippen molar-refractivity contribution in [3.05, 3.63) is 58.4 Å². The summed E-state index contributed by atoms with van der Waals surface area (Å²) < 4.78 is 18.4. The van der Waals surface area contributed by atoms with E-state index < -0.39 is 5.82 Å². The standard InChI is InChI=1S/C17H13ClFNO3/c1-9-12-6-10(2-5-15(12)20-17(9)22)16(21)8-23-11-3-4-14(19)13(18)7-11/h2-7,9H,8H2,1H3,(H,20,22)/t9-/m1/s1. The molecule has 0 bridgehead atoms. The van der Waals surface area contributed by atoms with Crippen LogP contribution in [0.25, 0.3) is 0 Å². The third kappa shape index (κ3) is 3.05. The Morgan fingerprint density at radius 3 is 2.83 bits per heavy atom. The number of rotatable bonds is 4. The largest absolute Gasteiger partial charge is 0.485 e. The van der Waals surface area contributed by atoms with Gasteiger partial charge in [-0.3, -0.25) is 9.59 Å². The maximum Gasteiger partial charge on any atom is 0.231 e. The number of benzene rings is 2. The maximum absolute atomic E-state index is 13.1. The maximum atomic E-state index is 13.1. The summed E-state index contributed by atoms with van der Waals surface area (Å²) in [5, 5.41) is 2.69. The van der Waals surface area contributed by atoms with Crippen LogP contribution in [0.5, 0.6) is 5.75 Å². The molecule has 0 unspecified atom stereocenters. The van der Waals surface area contributed by atoms with Crippen LogP contribution in [0, 0.1) is 5.82 Å². The predicted molar refractivity (Wildman–Crippen MR) is 84.7 cm³/mol. The second-order valence-corrected chi connectivity index (χ2v) is 5.71. The first-order chi connectivity index (χ1) is 11.0. The third-order valence-electron chi connectivity index (χ3n) is 3.75. The van der Waals surface area contributed by atoms with Crippen LogP contribution >= 0.6 is 11.6 Å². The van der Waals surface area contributed by atoms with Gasteiger partial charge in [0.15, 0.2) is 12.4 Å². The predicted octanol–water partition coefficient (Wildman–Crippen LogP) is 3.80. The van der Waals surface area contributed by atoms with Crippen LogP contribution in [-0.2, 0) is 4.79 Å². The van der Waals surface area contributed by atoms with Gasteiger partial charge in [0.25, 0.3) is 0 Å². The Balaban J connectivity index is 1.72. The van der Waals surface area contributed by atoms with Crippen LogP contribution in [0.4, 0.5) is 10.1 Å². The van der Waals surface area contributed by atoms with E-state index in [9.17, 15) is 14.0 Å². The van der Waals surface area contributed by atoms with Crippen molar-refractivity contribution in [2.75, 3.05) is 11.9 Å². The fourth-order valence-electron chi connectivity index (χ4n) is 2.39. The Bertz CT molecular complexity index is 806. The van der Waals surface area contributed by atoms with Crippen LogP contribution in [-0.4, -0.2) is 18.3 Å². The van der Waals surface area contributed by atoms with E-state index in [1.165, 1.54) is 18.2 Å². The molecule has 118 valence electrons. The van der Waals surface area contributed by atoms with Gasteiger partial charge < -0.3 is 10.1 Å². The SMILES string of the molecule is C[C@H]1C(=O)Nc2ccc(C(=O)COc3ccc(F)c(Cl)c3)cc21. The highest BCUT2D eigenvalue weighted by Gasteiger charge is 2.27. The molecule has 0 spiro atoms. The number of anilines is 1. The van der Waals surface area contributed by atoms with Gasteiger partial charge in [0.05, 0.1) is 10.9 Å². The minimum absolute atomic E-state index is 0.0640. The Morgan fingerprint density at radius 1 is 1.30 bits per heavy atom. The minimum Gasteiger partial charge on any atom is -0.485 e. The number of carbonyl (C=O) groups excluding carboxylic acids is 2. The molecule has 3 rings (SSSR count). The van der Waals surface area contributed by atoms with E-state index in [2.05, 4.69) is 5.32 Å². The number of amides is 1. The zero-order valence-corrected chi connectivity index (χ0v) is 13.0. The van der Waals surface area contributed by atoms with Crippen molar-refractivity contribution < 1.29 is 18.7 Å². The summed E-state index contributed by atoms with van der Waals surface area (Å²) in [6, 6.07) is 8.94. The second-order valence-electron chi connectivity index (χ2n) is 5.30. The van der Waals surface area contributed by atoms with Crippen LogP contribution in [0.1, 0.15) is 28.8 Å². The number of hydrogen-bond acceptors (Lipinski definition) is 3. The molecule has 1 atom stereocenters. The van der Waals surface area contributed by atoms with Gasteiger partial charge >= 0.3 is 0 Å². The van der Waals surface area contributed by atoms with Gasteiger partial charge in [0.2, 0.25) is 5.91 Å². The molecule has 0 fully saturated rings. The van der Waals surface area contributed by atoms with Crippen molar-refractivity contribution in [3.63, 3.8) is 0 Å². The first kappa shape index (κ1) is 15.5. The van der Waals surface area contributed by atoms with E-state index >= 15 is 0 Å². The van der Waals surface area contributed by atoms with E-state index in [-0.39, 0.29) is 29.2 Å². The molecule has 1 heterocycles. The molecular weight excluding hydrogens is 321 g/mol. The lowest BCUT2D eigenvalue weighted by molar-refractivity contribution is -0.116. The van der Waals surface area contributed by atoms with Crippen molar-refractivity contribution in [3.8, 4) is 5.75 Å². The molecule has 6 heteroatoms. The number of carbonyl (C=O) groups is 2. The minimum atomic E-state index is -0.546. The van der Waals surface area contributed by atoms with Gasteiger partial charge in [-0.2, -0.15) is 0 Å². The summed E-state index contributed by atoms with van der Waals surface area (Å²) in [7, 11) is 0. The molecule has 0 radical (unpaired) electrons. The number of nitrogens with one attached hydrogen (secondary N) is 1. The molecule has 1 N–H and O–H groups in total. The van der Waals surface area contributed by atoms with Gasteiger partial charge in [-0.15, -0.1) is 0 Å². The molecule has 1 amide bonds. The highest BCUT2D eigenvalue weighted by molar-refractivity contribution is 6.30. The molecule has 2 aromatic rings. The Labute approximate surface area is 137 Å². The zero-order valence-electron chi connectivity index (χ0n) is 12.2. The van der Waals surface area contributed by atoms with Gasteiger partial charge in [0.1, 0.15) is 11.6 Å². The van der Waals surface area contributed by atoms with Crippen molar-refractivity contribution in [2.45, 2.75) is 12.8 Å². The van der Waals surface area contributed by atoms with E-state index in [1.54, 1.807) is 25.1 Å². The average Bonchev–Trinajstić information content (AvgIpc) is 2.82. The Morgan fingerprint density at radius 2 is 2.09 bits per heavy atom. The first-order valence-corrected chi connectivity index (χ1v) is 7.39.